The van der Waals surface area contributed by atoms with Crippen molar-refractivity contribution in [1.29, 1.82) is 0 Å². The van der Waals surface area contributed by atoms with E-state index in [-0.39, 0.29) is 64.5 Å². The van der Waals surface area contributed by atoms with Crippen molar-refractivity contribution in [2.75, 3.05) is 26.3 Å². The summed E-state index contributed by atoms with van der Waals surface area (Å²) in [5, 5.41) is 0. The first kappa shape index (κ1) is 13.4. The number of ether oxygens (including phenoxy) is 1. The van der Waals surface area contributed by atoms with Crippen molar-refractivity contribution in [2.45, 2.75) is 6.19 Å². The fourth-order valence-corrected chi connectivity index (χ4v) is 0.983. The van der Waals surface area contributed by atoms with Gasteiger partial charge in [0.15, 0.2) is 6.19 Å². The molecule has 0 spiro atoms. The van der Waals surface area contributed by atoms with E-state index in [1.807, 2.05) is 0 Å². The molecule has 1 heterocycles. The van der Waals surface area contributed by atoms with Gasteiger partial charge in [0, 0.05) is 64.5 Å². The van der Waals surface area contributed by atoms with Gasteiger partial charge in [0.1, 0.15) is 0 Å². The summed E-state index contributed by atoms with van der Waals surface area (Å²) < 4.78 is 40.9. The van der Waals surface area contributed by atoms with Gasteiger partial charge in [-0.3, -0.25) is 13.5 Å². The molecule has 1 saturated heterocycles. The average Bonchev–Trinajstić information content (AvgIpc) is 2.05. The zero-order valence-corrected chi connectivity index (χ0v) is 10.1. The van der Waals surface area contributed by atoms with Gasteiger partial charge in [-0.2, -0.15) is 0 Å². The second-order valence-corrected chi connectivity index (χ2v) is 2.36. The summed E-state index contributed by atoms with van der Waals surface area (Å²) >= 11 is 0. The number of halogens is 3. The number of alkyl halides is 1. The first-order valence-electron chi connectivity index (χ1n) is 3.46. The van der Waals surface area contributed by atoms with Gasteiger partial charge in [-0.15, -0.1) is 0 Å². The number of hydrogen-bond donors (Lipinski definition) is 0. The fraction of sp³-hybridized carbons (Fsp3) is 1.00. The molecular weight excluding hydrogens is 197 g/mol. The predicted octanol–water partition coefficient (Wildman–Crippen LogP) is 0.200. The Morgan fingerprint density at radius 1 is 1.25 bits per heavy atom. The van der Waals surface area contributed by atoms with Crippen LogP contribution in [-0.2, 0) is 4.74 Å². The number of morpholine rings is 1. The van der Waals surface area contributed by atoms with E-state index in [2.05, 4.69) is 0 Å². The van der Waals surface area contributed by atoms with Crippen LogP contribution in [0.4, 0.5) is 13.0 Å². The molecule has 1 rings (SSSR count). The molecule has 1 radical (unpaired) electrons. The minimum absolute atomic E-state index is 0. The minimum atomic E-state index is -2.91. The summed E-state index contributed by atoms with van der Waals surface area (Å²) in [4.78, 5) is 1.09. The molecule has 0 N–H and O–H groups in total. The molecular formula is C5H9BF3KNO. The van der Waals surface area contributed by atoms with Crippen LogP contribution < -0.4 is 0 Å². The van der Waals surface area contributed by atoms with E-state index in [9.17, 15) is 13.0 Å². The predicted molar refractivity (Wildman–Crippen MR) is 41.0 cm³/mol. The zero-order valence-electron chi connectivity index (χ0n) is 6.97. The maximum Gasteiger partial charge on any atom is 0.586 e. The molecule has 0 aromatic heterocycles. The number of nitrogens with zero attached hydrogens (tertiary/aromatic N) is 1. The molecule has 0 bridgehead atoms. The first-order chi connectivity index (χ1) is 5.22. The molecule has 7 heteroatoms. The molecule has 1 fully saturated rings. The Hall–Kier alpha value is 1.41. The van der Waals surface area contributed by atoms with Crippen molar-refractivity contribution >= 4 is 58.7 Å². The van der Waals surface area contributed by atoms with E-state index in [4.69, 9.17) is 4.74 Å². The fourth-order valence-electron chi connectivity index (χ4n) is 0.983. The molecule has 0 aromatic carbocycles. The van der Waals surface area contributed by atoms with Crippen LogP contribution in [0.1, 0.15) is 0 Å². The summed E-state index contributed by atoms with van der Waals surface area (Å²) in [5.74, 6) is 0. The molecule has 12 heavy (non-hydrogen) atoms. The molecule has 1 unspecified atom stereocenters. The maximum atomic E-state index is 12.5. The van der Waals surface area contributed by atoms with Crippen LogP contribution in [0.25, 0.3) is 0 Å². The first-order valence-corrected chi connectivity index (χ1v) is 3.46. The summed E-state index contributed by atoms with van der Waals surface area (Å²) in [6.45, 7) is 1.19. The Morgan fingerprint density at radius 3 is 2.17 bits per heavy atom. The summed E-state index contributed by atoms with van der Waals surface area (Å²) in [6.07, 6.45) is -2.13. The van der Waals surface area contributed by atoms with Gasteiger partial charge in [-0.25, -0.2) is 4.39 Å². The van der Waals surface area contributed by atoms with E-state index >= 15 is 0 Å². The molecule has 0 aliphatic carbocycles. The van der Waals surface area contributed by atoms with E-state index in [1.54, 1.807) is 0 Å². The number of rotatable bonds is 2. The Kier molecular flexibility index (Phi) is 7.60. The normalized spacial score (nSPS) is 21.2. The van der Waals surface area contributed by atoms with Crippen LogP contribution in [0.15, 0.2) is 0 Å². The Balaban J connectivity index is 0.00000121. The Bertz CT molecular complexity index is 125. The largest absolute Gasteiger partial charge is 0.586 e. The van der Waals surface area contributed by atoms with Crippen LogP contribution in [0.5, 0.6) is 0 Å². The molecule has 2 nitrogen and oxygen atoms in total. The molecule has 1 atom stereocenters. The van der Waals surface area contributed by atoms with Gasteiger partial charge >= 0.3 is 7.27 Å². The van der Waals surface area contributed by atoms with Crippen LogP contribution in [0.2, 0.25) is 0 Å². The molecule has 0 amide bonds. The van der Waals surface area contributed by atoms with Crippen LogP contribution >= 0.6 is 0 Å². The SMILES string of the molecule is FB(F)C(F)N1CCOCC1.[K]. The minimum Gasteiger partial charge on any atom is -0.379 e. The molecule has 65 valence electrons. The molecule has 0 saturated carbocycles. The van der Waals surface area contributed by atoms with Gasteiger partial charge < -0.3 is 4.74 Å². The van der Waals surface area contributed by atoms with E-state index < -0.39 is 13.5 Å². The second-order valence-electron chi connectivity index (χ2n) is 2.36. The number of hydrogen-bond acceptors (Lipinski definition) is 2. The molecule has 1 aliphatic rings. The summed E-state index contributed by atoms with van der Waals surface area (Å²) in [7, 11) is -2.91. The third-order valence-electron chi connectivity index (χ3n) is 1.60. The van der Waals surface area contributed by atoms with Gasteiger partial charge in [0.05, 0.1) is 13.2 Å². The maximum absolute atomic E-state index is 12.5. The zero-order chi connectivity index (χ0) is 8.27. The van der Waals surface area contributed by atoms with Crippen LogP contribution in [-0.4, -0.2) is 96.0 Å². The van der Waals surface area contributed by atoms with Crippen molar-refractivity contribution < 1.29 is 17.8 Å². The van der Waals surface area contributed by atoms with Crippen LogP contribution in [0.3, 0.4) is 0 Å². The van der Waals surface area contributed by atoms with Gasteiger partial charge in [-0.1, -0.05) is 0 Å². The van der Waals surface area contributed by atoms with Crippen molar-refractivity contribution in [3.05, 3.63) is 0 Å². The van der Waals surface area contributed by atoms with Crippen molar-refractivity contribution in [3.63, 3.8) is 0 Å². The van der Waals surface area contributed by atoms with E-state index in [0.29, 0.717) is 13.2 Å². The summed E-state index contributed by atoms with van der Waals surface area (Å²) in [6, 6.07) is 0. The van der Waals surface area contributed by atoms with E-state index in [1.165, 1.54) is 0 Å². The van der Waals surface area contributed by atoms with Crippen LogP contribution in [0, 0.1) is 0 Å². The standard InChI is InChI=1S/C5H9BF3NO.K/c7-5(6(8)9)10-1-3-11-4-2-10;/h5H,1-4H2;. The van der Waals surface area contributed by atoms with Crippen molar-refractivity contribution in [3.8, 4) is 0 Å². The quantitative estimate of drug-likeness (QED) is 0.472. The monoisotopic (exact) mass is 206 g/mol. The van der Waals surface area contributed by atoms with Gasteiger partial charge in [0.2, 0.25) is 0 Å². The van der Waals surface area contributed by atoms with Crippen molar-refractivity contribution in [1.82, 2.24) is 4.90 Å². The topological polar surface area (TPSA) is 12.5 Å². The average molecular weight is 206 g/mol. The van der Waals surface area contributed by atoms with Gasteiger partial charge in [0.25, 0.3) is 0 Å². The third kappa shape index (κ3) is 4.08. The second kappa shape index (κ2) is 6.80. The smallest absolute Gasteiger partial charge is 0.379 e. The van der Waals surface area contributed by atoms with E-state index in [0.717, 1.165) is 4.90 Å². The van der Waals surface area contributed by atoms with Gasteiger partial charge in [-0.05, 0) is 0 Å². The molecule has 0 aromatic rings. The Labute approximate surface area is 112 Å². The van der Waals surface area contributed by atoms with Crippen molar-refractivity contribution in [2.24, 2.45) is 0 Å². The summed E-state index contributed by atoms with van der Waals surface area (Å²) in [5.41, 5.74) is 0. The third-order valence-corrected chi connectivity index (χ3v) is 1.60. The Morgan fingerprint density at radius 2 is 1.75 bits per heavy atom. The molecule has 1 aliphatic heterocycles.